The Morgan fingerprint density at radius 2 is 1.03 bits per heavy atom. The quantitative estimate of drug-likeness (QED) is 0.117. The number of hydrogen-bond donors (Lipinski definition) is 0. The molecule has 3 aromatic heterocycles. The summed E-state index contributed by atoms with van der Waals surface area (Å²) in [7, 11) is 9.63. The van der Waals surface area contributed by atoms with E-state index in [0.717, 1.165) is 35.1 Å². The Labute approximate surface area is 484 Å². The van der Waals surface area contributed by atoms with Crippen LogP contribution < -0.4 is 9.80 Å². The van der Waals surface area contributed by atoms with E-state index >= 15 is 0 Å². The van der Waals surface area contributed by atoms with Gasteiger partial charge < -0.3 is 28.4 Å². The van der Waals surface area contributed by atoms with Gasteiger partial charge >= 0.3 is 54.5 Å². The van der Waals surface area contributed by atoms with E-state index in [0.29, 0.717) is 28.7 Å². The second-order valence-corrected chi connectivity index (χ2v) is 20.9. The van der Waals surface area contributed by atoms with Gasteiger partial charge in [0.25, 0.3) is 0 Å². The summed E-state index contributed by atoms with van der Waals surface area (Å²) in [5, 5.41) is 3.08. The van der Waals surface area contributed by atoms with E-state index in [9.17, 15) is 0 Å². The molecule has 0 amide bonds. The van der Waals surface area contributed by atoms with Crippen LogP contribution >= 0.6 is 46.6 Å². The molecule has 0 spiro atoms. The van der Waals surface area contributed by atoms with Crippen LogP contribution in [0.4, 0.5) is 11.4 Å². The van der Waals surface area contributed by atoms with Crippen molar-refractivity contribution in [3.63, 3.8) is 0 Å². The van der Waals surface area contributed by atoms with E-state index in [1.165, 1.54) is 62.8 Å². The monoisotopic (exact) mass is 1250 g/mol. The van der Waals surface area contributed by atoms with Crippen LogP contribution in [0, 0.1) is 20.5 Å². The molecule has 73 heavy (non-hydrogen) atoms. The first-order valence-electron chi connectivity index (χ1n) is 24.4. The third kappa shape index (κ3) is 24.1. The zero-order valence-electron chi connectivity index (χ0n) is 44.4. The standard InChI is InChI=1S/C27H37N2.C11H11N.C9H6BrN.C5H4ClN.C4H8O.2C2H5.CH4.2ClH.Pd.Zn/c1-18(2)22-11-9-12-23(19(3)4)26(22)28-15-16-29(17-28)27-24(20(5)6)13-10-14-25(27)21(7)8;1-2-9-7-10-5-3-4-6-11(10)12-8-9;10-8-5-7-3-1-2-4-9(7)11-6-8;6-5-2-1-3-7-4-5;1-2-4-5-3-1;2*1-2;;;;;/h9-21H,1-8H3;3-8H,2H2,1H3;1-6H;1-4H;1-4H2;2*1H2,2H3;1H4;2*1H;;/q-1;;;;;2*-1;;;;2*+2/p-2. The summed E-state index contributed by atoms with van der Waals surface area (Å²) in [6.07, 6.45) is 15.1. The Morgan fingerprint density at radius 1 is 0.616 bits per heavy atom. The first kappa shape index (κ1) is 69.8. The number of anilines is 2. The van der Waals surface area contributed by atoms with Gasteiger partial charge in [0.15, 0.2) is 0 Å². The van der Waals surface area contributed by atoms with Gasteiger partial charge in [-0.3, -0.25) is 15.0 Å². The third-order valence-electron chi connectivity index (χ3n) is 10.9. The second-order valence-electron chi connectivity index (χ2n) is 17.2. The van der Waals surface area contributed by atoms with Crippen molar-refractivity contribution in [3.8, 4) is 0 Å². The van der Waals surface area contributed by atoms with Crippen molar-refractivity contribution in [2.45, 2.75) is 127 Å². The first-order valence-corrected chi connectivity index (χ1v) is 29.5. The maximum Gasteiger partial charge on any atom is 2.00 e. The molecule has 0 radical (unpaired) electrons. The largest absolute Gasteiger partial charge is 2.00 e. The molecule has 0 N–H and O–H groups in total. The van der Waals surface area contributed by atoms with Crippen molar-refractivity contribution in [2.75, 3.05) is 23.0 Å². The Kier molecular flexibility index (Phi) is 38.3. The van der Waals surface area contributed by atoms with Crippen molar-refractivity contribution >= 4 is 79.8 Å². The summed E-state index contributed by atoms with van der Waals surface area (Å²) in [6.45, 7) is 34.7. The van der Waals surface area contributed by atoms with Gasteiger partial charge in [-0.2, -0.15) is 13.8 Å². The van der Waals surface area contributed by atoms with Gasteiger partial charge in [-0.25, -0.2) is 0 Å². The molecule has 12 heteroatoms. The molecular formula is C61H80BrCl3N5OPdZn-. The van der Waals surface area contributed by atoms with Gasteiger partial charge in [0.05, 0.1) is 16.1 Å². The molecule has 2 aliphatic rings. The average Bonchev–Trinajstić information content (AvgIpc) is 4.15. The zero-order chi connectivity index (χ0) is 52.7. The van der Waals surface area contributed by atoms with E-state index in [1.54, 1.807) is 38.4 Å². The summed E-state index contributed by atoms with van der Waals surface area (Å²) < 4.78 is 5.97. The summed E-state index contributed by atoms with van der Waals surface area (Å²) >= 11 is 8.74. The molecule has 0 aliphatic carbocycles. The molecule has 5 heterocycles. The molecule has 6 nitrogen and oxygen atoms in total. The van der Waals surface area contributed by atoms with Crippen LogP contribution in [0.2, 0.25) is 5.02 Å². The van der Waals surface area contributed by atoms with E-state index < -0.39 is 0 Å². The fourth-order valence-electron chi connectivity index (χ4n) is 7.45. The fourth-order valence-corrected chi connectivity index (χ4v) is 7.92. The second kappa shape index (κ2) is 40.1. The average molecular weight is 1260 g/mol. The number of nitrogens with zero attached hydrogens (tertiary/aromatic N) is 5. The molecule has 1 saturated heterocycles. The van der Waals surface area contributed by atoms with Crippen molar-refractivity contribution in [2.24, 2.45) is 0 Å². The van der Waals surface area contributed by atoms with Crippen LogP contribution in [0.5, 0.6) is 0 Å². The molecule has 2 aliphatic heterocycles. The Hall–Kier alpha value is -3.21. The predicted octanol–water partition coefficient (Wildman–Crippen LogP) is 20.1. The first-order chi connectivity index (χ1) is 34.3. The molecule has 4 aromatic carbocycles. The van der Waals surface area contributed by atoms with Gasteiger partial charge in [-0.15, -0.1) is 6.67 Å². The Bertz CT molecular complexity index is 2430. The van der Waals surface area contributed by atoms with Crippen molar-refractivity contribution in [3.05, 3.63) is 204 Å². The minimum atomic E-state index is -0.106. The van der Waals surface area contributed by atoms with E-state index in [-0.39, 0.29) is 42.8 Å². The molecule has 0 atom stereocenters. The Morgan fingerprint density at radius 3 is 1.37 bits per heavy atom. The minimum Gasteiger partial charge on any atom is 2.00 e. The fraction of sp³-hybridized carbons (Fsp3) is 0.344. The number of ether oxygens (including phenoxy) is 1. The molecule has 7 aromatic rings. The summed E-state index contributed by atoms with van der Waals surface area (Å²) in [5.74, 6) is 1.92. The van der Waals surface area contributed by atoms with E-state index in [1.807, 2.05) is 54.9 Å². The van der Waals surface area contributed by atoms with Crippen LogP contribution in [0.25, 0.3) is 21.8 Å². The number of pyridine rings is 3. The van der Waals surface area contributed by atoms with Gasteiger partial charge in [0.2, 0.25) is 0 Å². The van der Waals surface area contributed by atoms with Crippen LogP contribution in [0.1, 0.15) is 148 Å². The van der Waals surface area contributed by atoms with E-state index in [2.05, 4.69) is 191 Å². The number of hydrogen-bond acceptors (Lipinski definition) is 6. The maximum absolute atomic E-state index is 5.48. The number of aromatic nitrogens is 3. The summed E-state index contributed by atoms with van der Waals surface area (Å²) in [4.78, 5) is 17.0. The summed E-state index contributed by atoms with van der Waals surface area (Å²) in [5.41, 5.74) is 11.7. The van der Waals surface area contributed by atoms with E-state index in [4.69, 9.17) is 35.4 Å². The molecule has 396 valence electrons. The molecule has 9 rings (SSSR count). The SMILES string of the molecule is Brc1cnc2ccccc2c1.C.C1CCOC1.CC(C)c1cccc(C(C)C)c1N1C=CN(c2c(C(C)C)cccc2C(C)C)[CH-]1.CCc1cnc2ccccc2c1.Clc1cccnc1.[CH2-]C.[CH2-]C.[Cl][Pd][Cl].[Zn+2]. The van der Waals surface area contributed by atoms with Crippen molar-refractivity contribution < 1.29 is 40.2 Å². The van der Waals surface area contributed by atoms with Crippen LogP contribution in [-0.2, 0) is 46.6 Å². The molecule has 0 unspecified atom stereocenters. The van der Waals surface area contributed by atoms with Gasteiger partial charge in [0.1, 0.15) is 0 Å². The zero-order valence-corrected chi connectivity index (χ0v) is 52.7. The number of benzene rings is 4. The number of fused-ring (bicyclic) bond motifs is 2. The van der Waals surface area contributed by atoms with Crippen molar-refractivity contribution in [1.82, 2.24) is 15.0 Å². The normalized spacial score (nSPS) is 11.9. The molecular weight excluding hydrogens is 1180 g/mol. The molecule has 0 bridgehead atoms. The Balaban J connectivity index is 0.000000970. The van der Waals surface area contributed by atoms with Gasteiger partial charge in [-0.05, 0) is 135 Å². The summed E-state index contributed by atoms with van der Waals surface area (Å²) in [6, 6.07) is 37.6. The number of halogens is 4. The third-order valence-corrected chi connectivity index (χ3v) is 11.6. The number of para-hydroxylation sites is 4. The number of rotatable bonds is 7. The molecule has 0 saturated carbocycles. The van der Waals surface area contributed by atoms with Gasteiger partial charge in [-0.1, -0.05) is 154 Å². The van der Waals surface area contributed by atoms with Crippen LogP contribution in [0.15, 0.2) is 151 Å². The van der Waals surface area contributed by atoms with Crippen LogP contribution in [-0.4, -0.2) is 28.2 Å². The van der Waals surface area contributed by atoms with Crippen LogP contribution in [0.3, 0.4) is 0 Å². The van der Waals surface area contributed by atoms with Gasteiger partial charge in [0, 0.05) is 64.6 Å². The molecule has 1 fully saturated rings. The number of aryl methyl sites for hydroxylation is 1. The minimum absolute atomic E-state index is 0. The van der Waals surface area contributed by atoms with Crippen molar-refractivity contribution in [1.29, 1.82) is 0 Å². The maximum atomic E-state index is 5.48. The smallest absolute Gasteiger partial charge is 2.00 e. The predicted molar refractivity (Wildman–Crippen MR) is 318 cm³/mol. The topological polar surface area (TPSA) is 54.4 Å².